The zero-order valence-electron chi connectivity index (χ0n) is 14.5. The Morgan fingerprint density at radius 1 is 1.30 bits per heavy atom. The monoisotopic (exact) mass is 400 g/mol. The summed E-state index contributed by atoms with van der Waals surface area (Å²) in [5.74, 6) is 0.250. The number of fused-ring (bicyclic) bond motifs is 1. The van der Waals surface area contributed by atoms with Crippen LogP contribution >= 0.6 is 23.4 Å². The van der Waals surface area contributed by atoms with Gasteiger partial charge < -0.3 is 9.88 Å². The quantitative estimate of drug-likeness (QED) is 0.641. The van der Waals surface area contributed by atoms with Crippen molar-refractivity contribution in [3.05, 3.63) is 63.5 Å². The van der Waals surface area contributed by atoms with Gasteiger partial charge in [-0.05, 0) is 60.7 Å². The Morgan fingerprint density at radius 2 is 2.11 bits per heavy atom. The summed E-state index contributed by atoms with van der Waals surface area (Å²) in [6.45, 7) is 1.95. The van der Waals surface area contributed by atoms with Gasteiger partial charge in [-0.1, -0.05) is 17.7 Å². The normalized spacial score (nSPS) is 17.3. The molecule has 1 fully saturated rings. The molecule has 4 rings (SSSR count). The van der Waals surface area contributed by atoms with Crippen molar-refractivity contribution >= 4 is 57.2 Å². The molecular formula is C19H14ClFN4OS. The zero-order valence-corrected chi connectivity index (χ0v) is 16.0. The number of amides is 1. The van der Waals surface area contributed by atoms with Crippen LogP contribution in [0.5, 0.6) is 0 Å². The first-order chi connectivity index (χ1) is 12.9. The van der Waals surface area contributed by atoms with Crippen molar-refractivity contribution in [2.45, 2.75) is 6.92 Å². The van der Waals surface area contributed by atoms with Crippen molar-refractivity contribution < 1.29 is 9.18 Å². The first kappa shape index (κ1) is 17.8. The van der Waals surface area contributed by atoms with Crippen LogP contribution in [0.4, 0.5) is 10.1 Å². The highest BCUT2D eigenvalue weighted by Crippen LogP contribution is 2.31. The average molecular weight is 401 g/mol. The van der Waals surface area contributed by atoms with E-state index in [9.17, 15) is 9.18 Å². The maximum absolute atomic E-state index is 13.1. The highest BCUT2D eigenvalue weighted by Gasteiger charge is 2.24. The number of aliphatic imine (C=N–C) groups is 1. The lowest BCUT2D eigenvalue weighted by Gasteiger charge is -1.99. The Morgan fingerprint density at radius 3 is 2.89 bits per heavy atom. The standard InChI is InChI=1S/C19H14ClFN4OS/c1-10-22-15-5-3-11(7-16(15)25(10)2)8-17-18(26)24-19(27-17)23-14-6-4-12(21)9-13(14)20/h3-9H,1-2H3,(H,23,24,26)/b17-8+. The Bertz CT molecular complexity index is 1150. The highest BCUT2D eigenvalue weighted by atomic mass is 35.5. The fraction of sp³-hybridized carbons (Fsp3) is 0.105. The summed E-state index contributed by atoms with van der Waals surface area (Å²) in [7, 11) is 1.95. The smallest absolute Gasteiger partial charge is 0.264 e. The second-order valence-corrected chi connectivity index (χ2v) is 7.48. The molecule has 0 aliphatic carbocycles. The van der Waals surface area contributed by atoms with E-state index < -0.39 is 5.82 Å². The van der Waals surface area contributed by atoms with Gasteiger partial charge in [0.1, 0.15) is 11.6 Å². The highest BCUT2D eigenvalue weighted by molar-refractivity contribution is 8.18. The van der Waals surface area contributed by atoms with Crippen LogP contribution in [0.2, 0.25) is 5.02 Å². The van der Waals surface area contributed by atoms with Gasteiger partial charge in [-0.2, -0.15) is 0 Å². The van der Waals surface area contributed by atoms with Gasteiger partial charge in [0.2, 0.25) is 0 Å². The van der Waals surface area contributed by atoms with Gasteiger partial charge in [0.25, 0.3) is 5.91 Å². The molecule has 0 bridgehead atoms. The number of imidazole rings is 1. The molecule has 0 saturated carbocycles. The van der Waals surface area contributed by atoms with Gasteiger partial charge in [-0.3, -0.25) is 4.79 Å². The van der Waals surface area contributed by atoms with Gasteiger partial charge in [0, 0.05) is 7.05 Å². The number of aryl methyl sites for hydroxylation is 2. The molecule has 136 valence electrons. The number of carbonyl (C=O) groups excluding carboxylic acids is 1. The minimum absolute atomic E-state index is 0.187. The molecule has 1 N–H and O–H groups in total. The van der Waals surface area contributed by atoms with Crippen molar-refractivity contribution in [1.29, 1.82) is 0 Å². The summed E-state index contributed by atoms with van der Waals surface area (Å²) in [6, 6.07) is 9.76. The molecule has 1 saturated heterocycles. The molecule has 0 atom stereocenters. The Hall–Kier alpha value is -2.64. The van der Waals surface area contributed by atoms with Crippen molar-refractivity contribution in [1.82, 2.24) is 14.9 Å². The fourth-order valence-corrected chi connectivity index (χ4v) is 3.77. The van der Waals surface area contributed by atoms with Crippen LogP contribution in [0.1, 0.15) is 11.4 Å². The molecule has 1 aliphatic heterocycles. The number of nitrogens with one attached hydrogen (secondary N) is 1. The summed E-state index contributed by atoms with van der Waals surface area (Å²) in [5.41, 5.74) is 3.20. The van der Waals surface area contributed by atoms with Crippen LogP contribution in [-0.4, -0.2) is 20.6 Å². The second kappa shape index (κ2) is 6.83. The van der Waals surface area contributed by atoms with E-state index in [0.717, 1.165) is 22.4 Å². The predicted octanol–water partition coefficient (Wildman–Crippen LogP) is 4.57. The Labute approximate surface area is 164 Å². The molecule has 0 radical (unpaired) electrons. The molecule has 8 heteroatoms. The number of nitrogens with zero attached hydrogens (tertiary/aromatic N) is 3. The minimum Gasteiger partial charge on any atom is -0.331 e. The number of rotatable bonds is 2. The van der Waals surface area contributed by atoms with Crippen LogP contribution in [-0.2, 0) is 11.8 Å². The largest absolute Gasteiger partial charge is 0.331 e. The summed E-state index contributed by atoms with van der Waals surface area (Å²) in [4.78, 5) is 21.6. The van der Waals surface area contributed by atoms with Gasteiger partial charge >= 0.3 is 0 Å². The van der Waals surface area contributed by atoms with Crippen LogP contribution in [0.3, 0.4) is 0 Å². The van der Waals surface area contributed by atoms with E-state index >= 15 is 0 Å². The van der Waals surface area contributed by atoms with Gasteiger partial charge in [-0.25, -0.2) is 14.4 Å². The summed E-state index contributed by atoms with van der Waals surface area (Å²) < 4.78 is 15.1. The number of carbonyl (C=O) groups is 1. The molecule has 0 unspecified atom stereocenters. The van der Waals surface area contributed by atoms with Crippen LogP contribution in [0.15, 0.2) is 46.3 Å². The first-order valence-corrected chi connectivity index (χ1v) is 9.28. The van der Waals surface area contributed by atoms with E-state index in [0.29, 0.717) is 15.8 Å². The van der Waals surface area contributed by atoms with Crippen molar-refractivity contribution in [3.63, 3.8) is 0 Å². The summed E-state index contributed by atoms with van der Waals surface area (Å²) in [5, 5.41) is 3.29. The van der Waals surface area contributed by atoms with E-state index in [1.807, 2.05) is 36.7 Å². The van der Waals surface area contributed by atoms with Crippen LogP contribution in [0.25, 0.3) is 17.1 Å². The van der Waals surface area contributed by atoms with Gasteiger partial charge in [-0.15, -0.1) is 0 Å². The Balaban J connectivity index is 1.64. The number of hydrogen-bond donors (Lipinski definition) is 1. The SMILES string of the molecule is Cc1nc2ccc(/C=C3/SC(=Nc4ccc(F)cc4Cl)NC3=O)cc2n1C. The molecule has 5 nitrogen and oxygen atoms in total. The molecule has 2 heterocycles. The lowest BCUT2D eigenvalue weighted by atomic mass is 10.2. The maximum atomic E-state index is 13.1. The maximum Gasteiger partial charge on any atom is 0.264 e. The number of halogens is 2. The van der Waals surface area contributed by atoms with Crippen molar-refractivity contribution in [2.75, 3.05) is 0 Å². The second-order valence-electron chi connectivity index (χ2n) is 6.04. The number of amidine groups is 1. The van der Waals surface area contributed by atoms with E-state index in [2.05, 4.69) is 15.3 Å². The third-order valence-corrected chi connectivity index (χ3v) is 5.42. The van der Waals surface area contributed by atoms with E-state index in [4.69, 9.17) is 11.6 Å². The first-order valence-electron chi connectivity index (χ1n) is 8.08. The number of aromatic nitrogens is 2. The molecule has 1 aliphatic rings. The van der Waals surface area contributed by atoms with E-state index in [1.165, 1.54) is 30.0 Å². The van der Waals surface area contributed by atoms with Gasteiger partial charge in [0.05, 0.1) is 26.6 Å². The molecule has 2 aromatic carbocycles. The molecule has 27 heavy (non-hydrogen) atoms. The fourth-order valence-electron chi connectivity index (χ4n) is 2.73. The van der Waals surface area contributed by atoms with Crippen molar-refractivity contribution in [2.24, 2.45) is 12.0 Å². The third-order valence-electron chi connectivity index (χ3n) is 4.21. The lowest BCUT2D eigenvalue weighted by molar-refractivity contribution is -0.115. The molecule has 0 spiro atoms. The summed E-state index contributed by atoms with van der Waals surface area (Å²) in [6.07, 6.45) is 1.80. The van der Waals surface area contributed by atoms with E-state index in [1.54, 1.807) is 6.08 Å². The molecular weight excluding hydrogens is 387 g/mol. The van der Waals surface area contributed by atoms with Gasteiger partial charge in [0.15, 0.2) is 5.17 Å². The third kappa shape index (κ3) is 3.48. The predicted molar refractivity (Wildman–Crippen MR) is 108 cm³/mol. The number of hydrogen-bond acceptors (Lipinski definition) is 4. The zero-order chi connectivity index (χ0) is 19.1. The minimum atomic E-state index is -0.437. The summed E-state index contributed by atoms with van der Waals surface area (Å²) >= 11 is 7.20. The molecule has 3 aromatic rings. The van der Waals surface area contributed by atoms with Crippen LogP contribution in [0, 0.1) is 12.7 Å². The van der Waals surface area contributed by atoms with E-state index in [-0.39, 0.29) is 10.9 Å². The Kier molecular flexibility index (Phi) is 4.49. The average Bonchev–Trinajstić information content (AvgIpc) is 3.10. The molecule has 1 aromatic heterocycles. The number of thioether (sulfide) groups is 1. The van der Waals surface area contributed by atoms with Crippen molar-refractivity contribution in [3.8, 4) is 0 Å². The van der Waals surface area contributed by atoms with Crippen LogP contribution < -0.4 is 5.32 Å². The topological polar surface area (TPSA) is 59.3 Å². The lowest BCUT2D eigenvalue weighted by Crippen LogP contribution is -2.19. The number of benzene rings is 2. The molecule has 1 amide bonds.